The van der Waals surface area contributed by atoms with Gasteiger partial charge in [-0.15, -0.1) is 11.3 Å². The lowest BCUT2D eigenvalue weighted by molar-refractivity contribution is 0.0992. The maximum absolute atomic E-state index is 11.5. The minimum absolute atomic E-state index is 0.153. The van der Waals surface area contributed by atoms with E-state index >= 15 is 0 Å². The molecule has 5 heteroatoms. The van der Waals surface area contributed by atoms with Crippen LogP contribution < -0.4 is 0 Å². The summed E-state index contributed by atoms with van der Waals surface area (Å²) in [5.41, 5.74) is 0.288. The molecule has 0 fully saturated rings. The highest BCUT2D eigenvalue weighted by Gasteiger charge is 2.27. The minimum Gasteiger partial charge on any atom is -0.287 e. The van der Waals surface area contributed by atoms with Crippen LogP contribution in [0.5, 0.6) is 0 Å². The van der Waals surface area contributed by atoms with E-state index in [1.54, 1.807) is 6.92 Å². The van der Waals surface area contributed by atoms with Gasteiger partial charge in [-0.05, 0) is 22.9 Å². The van der Waals surface area contributed by atoms with Gasteiger partial charge < -0.3 is 0 Å². The molecule has 66 valence electrons. The Bertz CT molecular complexity index is 447. The first-order valence-electron chi connectivity index (χ1n) is 3.53. The fraction of sp³-hybridized carbons (Fsp3) is 0.125. The number of carbonyl (C=O) groups excluding carboxylic acids is 2. The van der Waals surface area contributed by atoms with Gasteiger partial charge in [-0.2, -0.15) is 0 Å². The van der Waals surface area contributed by atoms with E-state index in [1.807, 2.05) is 0 Å². The smallest absolute Gasteiger partial charge is 0.212 e. The second-order valence-electron chi connectivity index (χ2n) is 2.60. The predicted octanol–water partition coefficient (Wildman–Crippen LogP) is 2.11. The molecule has 0 amide bonds. The standard InChI is InChI=1S/C8H4BrNO2S/c1-3-10-6-5(11)2-4(9)7(12)8(6)13-3/h2H,1H3. The van der Waals surface area contributed by atoms with Crippen molar-refractivity contribution in [1.29, 1.82) is 0 Å². The van der Waals surface area contributed by atoms with Gasteiger partial charge in [-0.25, -0.2) is 4.98 Å². The normalized spacial score (nSPS) is 15.7. The highest BCUT2D eigenvalue weighted by molar-refractivity contribution is 9.12. The number of ketones is 2. The second kappa shape index (κ2) is 2.85. The summed E-state index contributed by atoms with van der Waals surface area (Å²) in [7, 11) is 0. The van der Waals surface area contributed by atoms with Crippen LogP contribution in [0.2, 0.25) is 0 Å². The summed E-state index contributed by atoms with van der Waals surface area (Å²) in [6.07, 6.45) is 1.27. The Hall–Kier alpha value is -0.810. The zero-order chi connectivity index (χ0) is 9.59. The number of halogens is 1. The number of carbonyl (C=O) groups is 2. The molecule has 3 nitrogen and oxygen atoms in total. The lowest BCUT2D eigenvalue weighted by Crippen LogP contribution is -2.12. The van der Waals surface area contributed by atoms with E-state index in [-0.39, 0.29) is 17.3 Å². The van der Waals surface area contributed by atoms with Gasteiger partial charge in [0.1, 0.15) is 10.6 Å². The summed E-state index contributed by atoms with van der Waals surface area (Å²) >= 11 is 4.30. The largest absolute Gasteiger partial charge is 0.287 e. The molecule has 1 aromatic rings. The Morgan fingerprint density at radius 2 is 2.15 bits per heavy atom. The van der Waals surface area contributed by atoms with Gasteiger partial charge in [0.15, 0.2) is 0 Å². The number of nitrogens with zero attached hydrogens (tertiary/aromatic N) is 1. The predicted molar refractivity (Wildman–Crippen MR) is 52.5 cm³/mol. The molecule has 0 saturated heterocycles. The fourth-order valence-corrected chi connectivity index (χ4v) is 2.52. The topological polar surface area (TPSA) is 47.0 Å². The van der Waals surface area contributed by atoms with Gasteiger partial charge in [0, 0.05) is 6.08 Å². The van der Waals surface area contributed by atoms with Gasteiger partial charge in [0.25, 0.3) is 0 Å². The molecule has 0 aliphatic heterocycles. The van der Waals surface area contributed by atoms with E-state index in [4.69, 9.17) is 0 Å². The van der Waals surface area contributed by atoms with Crippen LogP contribution in [0, 0.1) is 6.92 Å². The molecule has 0 aromatic carbocycles. The number of allylic oxidation sites excluding steroid dienone is 2. The Kier molecular flexibility index (Phi) is 1.92. The van der Waals surface area contributed by atoms with Crippen molar-refractivity contribution in [3.63, 3.8) is 0 Å². The van der Waals surface area contributed by atoms with Gasteiger partial charge in [-0.1, -0.05) is 0 Å². The van der Waals surface area contributed by atoms with Crippen LogP contribution in [0.25, 0.3) is 0 Å². The Labute approximate surface area is 86.6 Å². The Morgan fingerprint density at radius 1 is 1.46 bits per heavy atom. The number of rotatable bonds is 0. The Balaban J connectivity index is 2.67. The molecular formula is C8H4BrNO2S. The molecule has 0 saturated carbocycles. The first kappa shape index (κ1) is 8.77. The van der Waals surface area contributed by atoms with Crippen LogP contribution in [0.3, 0.4) is 0 Å². The molecule has 1 aromatic heterocycles. The molecule has 0 radical (unpaired) electrons. The SMILES string of the molecule is Cc1nc2c(s1)C(=O)C(Br)=CC2=O. The van der Waals surface area contributed by atoms with E-state index in [9.17, 15) is 9.59 Å². The van der Waals surface area contributed by atoms with E-state index in [1.165, 1.54) is 17.4 Å². The quantitative estimate of drug-likeness (QED) is 0.716. The minimum atomic E-state index is -0.203. The molecule has 1 aliphatic carbocycles. The average Bonchev–Trinajstić information content (AvgIpc) is 2.44. The number of aromatic nitrogens is 1. The lowest BCUT2D eigenvalue weighted by Gasteiger charge is -2.03. The molecule has 0 N–H and O–H groups in total. The Morgan fingerprint density at radius 3 is 2.85 bits per heavy atom. The maximum atomic E-state index is 11.5. The lowest BCUT2D eigenvalue weighted by atomic mass is 10.1. The molecule has 13 heavy (non-hydrogen) atoms. The van der Waals surface area contributed by atoms with E-state index in [0.717, 1.165) is 5.01 Å². The first-order chi connectivity index (χ1) is 6.09. The van der Waals surface area contributed by atoms with Crippen molar-refractivity contribution in [1.82, 2.24) is 4.98 Å². The van der Waals surface area contributed by atoms with Crippen molar-refractivity contribution >= 4 is 38.8 Å². The molecule has 1 heterocycles. The summed E-state index contributed by atoms with van der Waals surface area (Å²) in [6, 6.07) is 0. The maximum Gasteiger partial charge on any atom is 0.212 e. The number of aryl methyl sites for hydroxylation is 1. The van der Waals surface area contributed by atoms with Crippen LogP contribution >= 0.6 is 27.3 Å². The summed E-state index contributed by atoms with van der Waals surface area (Å²) in [4.78, 5) is 27.3. The van der Waals surface area contributed by atoms with Crippen LogP contribution in [-0.2, 0) is 0 Å². The second-order valence-corrected chi connectivity index (χ2v) is 4.65. The zero-order valence-electron chi connectivity index (χ0n) is 6.63. The van der Waals surface area contributed by atoms with E-state index in [0.29, 0.717) is 9.36 Å². The number of Topliss-reactive ketones (excluding diaryl/α,β-unsaturated/α-hetero) is 1. The molecule has 0 spiro atoms. The highest BCUT2D eigenvalue weighted by Crippen LogP contribution is 2.28. The summed E-state index contributed by atoms with van der Waals surface area (Å²) in [5, 5.41) is 0.738. The number of fused-ring (bicyclic) bond motifs is 1. The third-order valence-electron chi connectivity index (χ3n) is 1.65. The molecule has 1 aliphatic rings. The van der Waals surface area contributed by atoms with Crippen molar-refractivity contribution in [2.45, 2.75) is 6.92 Å². The fourth-order valence-electron chi connectivity index (χ4n) is 1.11. The van der Waals surface area contributed by atoms with Crippen LogP contribution in [0.1, 0.15) is 25.2 Å². The van der Waals surface area contributed by atoms with Crippen LogP contribution in [0.15, 0.2) is 10.6 Å². The number of hydrogen-bond donors (Lipinski definition) is 0. The van der Waals surface area contributed by atoms with Crippen molar-refractivity contribution in [3.05, 3.63) is 26.1 Å². The van der Waals surface area contributed by atoms with Crippen molar-refractivity contribution in [2.75, 3.05) is 0 Å². The third kappa shape index (κ3) is 1.28. The number of thiazole rings is 1. The van der Waals surface area contributed by atoms with Gasteiger partial charge in [-0.3, -0.25) is 9.59 Å². The van der Waals surface area contributed by atoms with Gasteiger partial charge in [0.05, 0.1) is 9.49 Å². The molecular weight excluding hydrogens is 254 g/mol. The van der Waals surface area contributed by atoms with Crippen molar-refractivity contribution < 1.29 is 9.59 Å². The van der Waals surface area contributed by atoms with E-state index in [2.05, 4.69) is 20.9 Å². The first-order valence-corrected chi connectivity index (χ1v) is 5.14. The van der Waals surface area contributed by atoms with Gasteiger partial charge in [0.2, 0.25) is 11.6 Å². The van der Waals surface area contributed by atoms with Crippen LogP contribution in [-0.4, -0.2) is 16.6 Å². The summed E-state index contributed by atoms with van der Waals surface area (Å²) in [6.45, 7) is 1.78. The third-order valence-corrected chi connectivity index (χ3v) is 3.21. The van der Waals surface area contributed by atoms with E-state index < -0.39 is 0 Å². The highest BCUT2D eigenvalue weighted by atomic mass is 79.9. The average molecular weight is 258 g/mol. The van der Waals surface area contributed by atoms with Crippen LogP contribution in [0.4, 0.5) is 0 Å². The monoisotopic (exact) mass is 257 g/mol. The number of hydrogen-bond acceptors (Lipinski definition) is 4. The van der Waals surface area contributed by atoms with Gasteiger partial charge >= 0.3 is 0 Å². The molecule has 2 rings (SSSR count). The zero-order valence-corrected chi connectivity index (χ0v) is 9.03. The molecule has 0 atom stereocenters. The summed E-state index contributed by atoms with van der Waals surface area (Å²) in [5.74, 6) is -0.356. The molecule has 0 bridgehead atoms. The summed E-state index contributed by atoms with van der Waals surface area (Å²) < 4.78 is 0.314. The van der Waals surface area contributed by atoms with Crippen molar-refractivity contribution in [3.8, 4) is 0 Å². The molecule has 0 unspecified atom stereocenters. The van der Waals surface area contributed by atoms with Crippen molar-refractivity contribution in [2.24, 2.45) is 0 Å².